The molecule has 2 N–H and O–H groups in total. The Morgan fingerprint density at radius 2 is 1.32 bits per heavy atom. The van der Waals surface area contributed by atoms with E-state index in [0.29, 0.717) is 60.1 Å². The molecule has 11 unspecified atom stereocenters. The summed E-state index contributed by atoms with van der Waals surface area (Å²) in [7, 11) is 0. The van der Waals surface area contributed by atoms with Gasteiger partial charge < -0.3 is 38.6 Å². The average molecular weight is 1030 g/mol. The van der Waals surface area contributed by atoms with Crippen LogP contribution >= 0.6 is 0 Å². The molecule has 9 rings (SSSR count). The Labute approximate surface area is 443 Å². The van der Waals surface area contributed by atoms with Crippen LogP contribution in [0.4, 0.5) is 0 Å². The second kappa shape index (κ2) is 23.4. The molecule has 0 amide bonds. The highest BCUT2D eigenvalue weighted by Crippen LogP contribution is 2.68. The van der Waals surface area contributed by atoms with Crippen molar-refractivity contribution < 1.29 is 62.6 Å². The molecule has 75 heavy (non-hydrogen) atoms. The first-order valence-electron chi connectivity index (χ1n) is 28.0. The van der Waals surface area contributed by atoms with Crippen LogP contribution in [0.5, 0.6) is 0 Å². The number of rotatable bonds is 17. The van der Waals surface area contributed by atoms with Gasteiger partial charge in [0.15, 0.2) is 12.4 Å². The van der Waals surface area contributed by atoms with Gasteiger partial charge in [-0.15, -0.1) is 0 Å². The van der Waals surface area contributed by atoms with Crippen molar-refractivity contribution in [3.05, 3.63) is 108 Å². The van der Waals surface area contributed by atoms with Gasteiger partial charge in [-0.2, -0.15) is 0 Å². The monoisotopic (exact) mass is 1030 g/mol. The normalized spacial score (nSPS) is 37.2. The number of aliphatic hydroxyl groups is 2. The molecule has 13 nitrogen and oxygen atoms in total. The molecule has 0 bridgehead atoms. The number of ketones is 2. The third-order valence-electron chi connectivity index (χ3n) is 19.4. The van der Waals surface area contributed by atoms with E-state index in [1.165, 1.54) is 0 Å². The maximum atomic E-state index is 14.3. The van der Waals surface area contributed by atoms with Gasteiger partial charge in [0.2, 0.25) is 0 Å². The smallest absolute Gasteiger partial charge is 0.338 e. The molecule has 1 saturated heterocycles. The van der Waals surface area contributed by atoms with E-state index in [1.54, 1.807) is 72.8 Å². The van der Waals surface area contributed by atoms with E-state index >= 15 is 0 Å². The van der Waals surface area contributed by atoms with Crippen LogP contribution in [0.15, 0.2) is 91.0 Å². The predicted molar refractivity (Wildman–Crippen MR) is 279 cm³/mol. The Morgan fingerprint density at radius 3 is 1.96 bits per heavy atom. The molecule has 0 radical (unpaired) electrons. The molecule has 6 fully saturated rings. The topological polar surface area (TPSA) is 181 Å². The van der Waals surface area contributed by atoms with Crippen LogP contribution in [0, 0.1) is 70.0 Å². The molecule has 13 heteroatoms. The van der Waals surface area contributed by atoms with Gasteiger partial charge in [-0.1, -0.05) is 96.1 Å². The molecule has 0 aromatic heterocycles. The first-order chi connectivity index (χ1) is 36.0. The number of carbonyl (C=O) groups is 5. The van der Waals surface area contributed by atoms with Crippen LogP contribution in [0.2, 0.25) is 0 Å². The lowest BCUT2D eigenvalue weighted by molar-refractivity contribution is -0.259. The standard InChI is InChI=1S/C62H80O13/c1-36(33-71-60-56(75-59(69)42-20-14-9-15-21-42)55(37(2)34-72-60)74-58(68)41-18-12-8-13-19-41)22-25-49(63)38(3)52-50(64)32-48-46-24-23-44-31-45(26-28-61(44,5)47(46)27-29-62(48,52)6)73-51-30-43(53(65)39(4)54(51)66)35-70-57(67)40-16-10-7-11-17-40/h7-21,36-39,43-48,51-56,60,65-66H,22-35H2,1-6H3/t36-,37+,38+,39-,43?,44?,45?,46?,47?,48?,51+,52?,53+,54?,55-,56?,60+,61?,62?/m0/s1. The van der Waals surface area contributed by atoms with Crippen molar-refractivity contribution in [2.75, 3.05) is 19.8 Å². The minimum absolute atomic E-state index is 0.0170. The summed E-state index contributed by atoms with van der Waals surface area (Å²) in [5.41, 5.74) is 1.03. The first-order valence-corrected chi connectivity index (χ1v) is 28.0. The maximum absolute atomic E-state index is 14.3. The number of Topliss-reactive ketones (excluding diaryl/α,β-unsaturated/α-hetero) is 2. The molecule has 5 saturated carbocycles. The first kappa shape index (κ1) is 55.0. The van der Waals surface area contributed by atoms with Gasteiger partial charge in [0.05, 0.1) is 60.9 Å². The third kappa shape index (κ3) is 11.6. The summed E-state index contributed by atoms with van der Waals surface area (Å²) in [6.45, 7) is 12.9. The van der Waals surface area contributed by atoms with E-state index < -0.39 is 66.6 Å². The van der Waals surface area contributed by atoms with Crippen LogP contribution in [0.25, 0.3) is 0 Å². The Hall–Kier alpha value is -4.79. The van der Waals surface area contributed by atoms with Gasteiger partial charge in [-0.25, -0.2) is 14.4 Å². The zero-order valence-corrected chi connectivity index (χ0v) is 44.8. The van der Waals surface area contributed by atoms with E-state index in [4.69, 9.17) is 28.4 Å². The minimum Gasteiger partial charge on any atom is -0.462 e. The van der Waals surface area contributed by atoms with E-state index in [9.17, 15) is 34.2 Å². The highest BCUT2D eigenvalue weighted by Gasteiger charge is 2.64. The number of hydrogen-bond donors (Lipinski definition) is 2. The van der Waals surface area contributed by atoms with Crippen molar-refractivity contribution >= 4 is 29.5 Å². The molecule has 0 spiro atoms. The Bertz CT molecular complexity index is 2450. The van der Waals surface area contributed by atoms with Gasteiger partial charge in [0.25, 0.3) is 0 Å². The number of hydrogen-bond acceptors (Lipinski definition) is 13. The molecular weight excluding hydrogens is 953 g/mol. The van der Waals surface area contributed by atoms with E-state index in [1.807, 2.05) is 45.9 Å². The van der Waals surface area contributed by atoms with Gasteiger partial charge in [0.1, 0.15) is 17.7 Å². The molecular formula is C62H80O13. The highest BCUT2D eigenvalue weighted by molar-refractivity contribution is 5.92. The van der Waals surface area contributed by atoms with Crippen molar-refractivity contribution in [3.8, 4) is 0 Å². The van der Waals surface area contributed by atoms with Crippen LogP contribution < -0.4 is 0 Å². The highest BCUT2D eigenvalue weighted by atomic mass is 16.7. The molecule has 1 aliphatic heterocycles. The fourth-order valence-electron chi connectivity index (χ4n) is 15.0. The van der Waals surface area contributed by atoms with Gasteiger partial charge in [-0.3, -0.25) is 9.59 Å². The number of ether oxygens (including phenoxy) is 6. The van der Waals surface area contributed by atoms with E-state index in [2.05, 4.69) is 13.8 Å². The molecule has 3 aromatic carbocycles. The summed E-state index contributed by atoms with van der Waals surface area (Å²) < 4.78 is 37.0. The van der Waals surface area contributed by atoms with Gasteiger partial charge in [0, 0.05) is 42.4 Å². The number of esters is 3. The lowest BCUT2D eigenvalue weighted by Gasteiger charge is -2.61. The van der Waals surface area contributed by atoms with Crippen LogP contribution in [-0.4, -0.2) is 102 Å². The Morgan fingerprint density at radius 1 is 0.720 bits per heavy atom. The molecule has 6 aliphatic rings. The number of aliphatic hydroxyl groups excluding tert-OH is 2. The summed E-state index contributed by atoms with van der Waals surface area (Å²) in [4.78, 5) is 67.9. The maximum Gasteiger partial charge on any atom is 0.338 e. The van der Waals surface area contributed by atoms with Crippen molar-refractivity contribution in [2.24, 2.45) is 70.0 Å². The summed E-state index contributed by atoms with van der Waals surface area (Å²) in [6.07, 6.45) is 3.59. The van der Waals surface area contributed by atoms with Crippen molar-refractivity contribution in [3.63, 3.8) is 0 Å². The molecule has 406 valence electrons. The lowest BCUT2D eigenvalue weighted by atomic mass is 9.44. The number of carbonyl (C=O) groups excluding carboxylic acids is 5. The molecule has 5 aliphatic carbocycles. The summed E-state index contributed by atoms with van der Waals surface area (Å²) >= 11 is 0. The van der Waals surface area contributed by atoms with Crippen LogP contribution in [-0.2, 0) is 38.0 Å². The number of fused-ring (bicyclic) bond motifs is 5. The zero-order valence-electron chi connectivity index (χ0n) is 44.8. The van der Waals surface area contributed by atoms with Crippen molar-refractivity contribution in [1.29, 1.82) is 0 Å². The third-order valence-corrected chi connectivity index (χ3v) is 19.4. The largest absolute Gasteiger partial charge is 0.462 e. The Balaban J connectivity index is 0.774. The second-order valence-corrected chi connectivity index (χ2v) is 24.1. The Kier molecular flexibility index (Phi) is 17.2. The fourth-order valence-corrected chi connectivity index (χ4v) is 15.0. The van der Waals surface area contributed by atoms with Gasteiger partial charge in [-0.05, 0) is 135 Å². The van der Waals surface area contributed by atoms with E-state index in [0.717, 1.165) is 44.9 Å². The fraction of sp³-hybridized carbons (Fsp3) is 0.629. The second-order valence-electron chi connectivity index (χ2n) is 24.1. The van der Waals surface area contributed by atoms with Crippen molar-refractivity contribution in [1.82, 2.24) is 0 Å². The number of benzene rings is 3. The average Bonchev–Trinajstić information content (AvgIpc) is 3.70. The summed E-state index contributed by atoms with van der Waals surface area (Å²) in [5.74, 6) is -1.53. The van der Waals surface area contributed by atoms with Gasteiger partial charge >= 0.3 is 17.9 Å². The molecule has 19 atom stereocenters. The minimum atomic E-state index is -1.05. The predicted octanol–water partition coefficient (Wildman–Crippen LogP) is 9.89. The summed E-state index contributed by atoms with van der Waals surface area (Å²) in [6, 6.07) is 26.1. The zero-order chi connectivity index (χ0) is 53.2. The SMILES string of the molecule is C[C@@H](CCC(=O)[C@@H](C)C1C(=O)CC2C3CCC4CC(O[C@@H]5CC(COC(=O)c6ccccc6)[C@H](O)[C@H](C)C5O)CCC4(C)C3CCC21C)CO[C@@H]1OC[C@@H](C)[C@H](OC(=O)c2ccccc2)C1OC(=O)c1ccccc1. The van der Waals surface area contributed by atoms with Crippen LogP contribution in [0.3, 0.4) is 0 Å². The quantitative estimate of drug-likeness (QED) is 0.0964. The van der Waals surface area contributed by atoms with Crippen molar-refractivity contribution in [2.45, 2.75) is 155 Å². The van der Waals surface area contributed by atoms with Crippen LogP contribution in [0.1, 0.15) is 143 Å². The molecule has 3 aromatic rings. The molecule has 1 heterocycles. The lowest BCUT2D eigenvalue weighted by Crippen LogP contribution is -2.55. The van der Waals surface area contributed by atoms with E-state index in [-0.39, 0.29) is 77.9 Å². The summed E-state index contributed by atoms with van der Waals surface area (Å²) in [5, 5.41) is 22.5.